The van der Waals surface area contributed by atoms with Crippen molar-refractivity contribution in [1.29, 1.82) is 0 Å². The lowest BCUT2D eigenvalue weighted by Crippen LogP contribution is -2.69. The molecular weight excluding hydrogens is 1290 g/mol. The smallest absolute Gasteiger partial charge is 0.338 e. The summed E-state index contributed by atoms with van der Waals surface area (Å²) in [5.74, 6) is -2.71. The molecule has 100 heavy (non-hydrogen) atoms. The number of allylic oxidation sites excluding steroid dienone is 1. The van der Waals surface area contributed by atoms with E-state index in [0.717, 1.165) is 58.5 Å². The maximum Gasteiger partial charge on any atom is 0.338 e. The van der Waals surface area contributed by atoms with E-state index in [-0.39, 0.29) is 40.2 Å². The fraction of sp³-hybridized carbons (Fsp3) is 0.590. The molecule has 4 aromatic carbocycles. The zero-order valence-corrected chi connectivity index (χ0v) is 57.9. The summed E-state index contributed by atoms with van der Waals surface area (Å²) in [5.41, 5.74) is 2.36. The first kappa shape index (κ1) is 70.1. The first-order valence-corrected chi connectivity index (χ1v) is 35.7. The Morgan fingerprint density at radius 3 is 1.71 bits per heavy atom. The van der Waals surface area contributed by atoms with Crippen LogP contribution < -0.4 is 0 Å². The van der Waals surface area contributed by atoms with Gasteiger partial charge in [0, 0.05) is 38.7 Å². The van der Waals surface area contributed by atoms with Crippen LogP contribution in [0.4, 0.5) is 0 Å². The summed E-state index contributed by atoms with van der Waals surface area (Å²) in [6, 6.07) is 33.7. The Labute approximate surface area is 582 Å². The molecule has 9 fully saturated rings. The number of hydrogen-bond donors (Lipinski definition) is 0. The topological polar surface area (TPSA) is 250 Å². The van der Waals surface area contributed by atoms with E-state index >= 15 is 0 Å². The van der Waals surface area contributed by atoms with Gasteiger partial charge in [-0.2, -0.15) is 0 Å². The molecule has 4 aromatic rings. The van der Waals surface area contributed by atoms with E-state index in [1.54, 1.807) is 97.9 Å². The molecule has 0 amide bonds. The van der Waals surface area contributed by atoms with Crippen LogP contribution in [0.3, 0.4) is 0 Å². The summed E-state index contributed by atoms with van der Waals surface area (Å²) in [4.78, 5) is 82.8. The van der Waals surface area contributed by atoms with Crippen molar-refractivity contribution in [3.8, 4) is 0 Å². The van der Waals surface area contributed by atoms with Gasteiger partial charge in [0.2, 0.25) is 0 Å². The van der Waals surface area contributed by atoms with Gasteiger partial charge in [0.1, 0.15) is 24.4 Å². The van der Waals surface area contributed by atoms with E-state index in [2.05, 4.69) is 33.8 Å². The average Bonchev–Trinajstić information content (AvgIpc) is 1.50. The maximum absolute atomic E-state index is 14.7. The quantitative estimate of drug-likeness (QED) is 0.0574. The van der Waals surface area contributed by atoms with Crippen LogP contribution in [0.5, 0.6) is 0 Å². The molecule has 1 spiro atoms. The summed E-state index contributed by atoms with van der Waals surface area (Å²) >= 11 is 0. The summed E-state index contributed by atoms with van der Waals surface area (Å²) < 4.78 is 107. The molecule has 22 heteroatoms. The van der Waals surface area contributed by atoms with E-state index in [1.165, 1.54) is 19.4 Å². The highest BCUT2D eigenvalue weighted by Crippen LogP contribution is 2.71. The molecular formula is C78H92O22. The molecule has 536 valence electrons. The van der Waals surface area contributed by atoms with Crippen LogP contribution >= 0.6 is 0 Å². The van der Waals surface area contributed by atoms with Crippen molar-refractivity contribution in [2.45, 2.75) is 223 Å². The zero-order valence-electron chi connectivity index (χ0n) is 57.9. The second-order valence-electron chi connectivity index (χ2n) is 29.6. The minimum Gasteiger partial charge on any atom is -0.456 e. The van der Waals surface area contributed by atoms with Crippen LogP contribution in [-0.2, 0) is 90.2 Å². The van der Waals surface area contributed by atoms with Gasteiger partial charge in [0.05, 0.1) is 54.8 Å². The molecule has 0 N–H and O–H groups in total. The van der Waals surface area contributed by atoms with Crippen molar-refractivity contribution < 1.29 is 105 Å². The standard InChI is InChI=1S/C78H92O22/c1-42-31-36-78(87-39-42)43(2)60-57(100-78)38-56-54-30-29-52-37-53(32-34-76(52,7)55(54)33-35-77(56,60)8)92-75-68(99-74-67(91-47(6)81)64(90-46(5)80)61(44(3)88-74)89-45(4)79)65(62-59(94-75)41-85-72(97-62)51-27-19-12-20-28-51)98-73-66(96-71(84)50-25-17-11-18-26-50)63(95-70(83)49-23-15-10-16-24-49)58(40-86-73)93-69(82)48-21-13-9-14-22-48/h9-29,42-44,53-68,72-75H,30-41H2,1-8H3/t42-,43+,44+,53+,54-,55+,56+,57+,58-,59-,60+,61+,62+,63+,64-,65+,66-,67-,68-,72-,73+,74+,75-,76+,77+,78-/m1/s1. The molecule has 6 heterocycles. The Balaban J connectivity index is 0.832. The number of rotatable bonds is 16. The molecule has 0 bridgehead atoms. The molecule has 26 atom stereocenters. The van der Waals surface area contributed by atoms with Gasteiger partial charge in [-0.15, -0.1) is 0 Å². The van der Waals surface area contributed by atoms with Crippen LogP contribution in [0.1, 0.15) is 156 Å². The van der Waals surface area contributed by atoms with Crippen LogP contribution in [-0.4, -0.2) is 160 Å². The minimum atomic E-state index is -1.74. The number of carbonyl (C=O) groups excluding carboxylic acids is 6. The number of ether oxygens (including phenoxy) is 16. The van der Waals surface area contributed by atoms with Gasteiger partial charge in [-0.3, -0.25) is 14.4 Å². The number of carbonyl (C=O) groups is 6. The number of esters is 6. The molecule has 10 aliphatic rings. The average molecular weight is 1380 g/mol. The van der Waals surface area contributed by atoms with Crippen LogP contribution in [0.2, 0.25) is 0 Å². The highest BCUT2D eigenvalue weighted by Gasteiger charge is 2.69. The van der Waals surface area contributed by atoms with Crippen LogP contribution in [0.25, 0.3) is 0 Å². The van der Waals surface area contributed by atoms with Gasteiger partial charge >= 0.3 is 35.8 Å². The van der Waals surface area contributed by atoms with Crippen molar-refractivity contribution in [1.82, 2.24) is 0 Å². The van der Waals surface area contributed by atoms with Crippen molar-refractivity contribution >= 4 is 35.8 Å². The fourth-order valence-corrected chi connectivity index (χ4v) is 18.6. The lowest BCUT2D eigenvalue weighted by molar-refractivity contribution is -0.414. The lowest BCUT2D eigenvalue weighted by atomic mass is 9.47. The fourth-order valence-electron chi connectivity index (χ4n) is 18.6. The second kappa shape index (κ2) is 29.1. The summed E-state index contributed by atoms with van der Waals surface area (Å²) in [5, 5.41) is 0. The monoisotopic (exact) mass is 1380 g/mol. The molecule has 14 rings (SSSR count). The van der Waals surface area contributed by atoms with Gasteiger partial charge in [-0.05, 0) is 135 Å². The first-order chi connectivity index (χ1) is 48.2. The van der Waals surface area contributed by atoms with Crippen LogP contribution in [0, 0.1) is 46.3 Å². The van der Waals surface area contributed by atoms with Crippen molar-refractivity contribution in [2.24, 2.45) is 46.3 Å². The SMILES string of the molecule is CC(=O)O[C@@H]1[C@@H](OC(C)=O)[C@H](C)O[C@@H](O[C@H]2[C@H](O[C@H]3CC[C@@]4(C)C(=CC[C@H]5[C@@H]6C[C@@H]7O[C@]8(CC[C@@H](C)CO8)[C@@H](C)[C@@H]7[C@@]6(C)CC[C@@H]54)C3)O[C@@H]3CO[C@@H](c4ccccc4)O[C@@H]3[C@@H]2O[C@@H]2OC[C@@H](OC(=O)c3ccccc3)[C@H](OC(=O)c3ccccc3)[C@H]2OC(=O)c2ccccc2)[C@@H]1OC(C)=O. The van der Waals surface area contributed by atoms with Crippen LogP contribution in [0.15, 0.2) is 133 Å². The highest BCUT2D eigenvalue weighted by atomic mass is 16.8. The molecule has 0 aromatic heterocycles. The summed E-state index contributed by atoms with van der Waals surface area (Å²) in [7, 11) is 0. The normalized spacial score (nSPS) is 40.3. The van der Waals surface area contributed by atoms with Gasteiger partial charge in [0.25, 0.3) is 0 Å². The van der Waals surface area contributed by atoms with E-state index in [1.807, 2.05) is 30.3 Å². The predicted octanol–water partition coefficient (Wildman–Crippen LogP) is 10.9. The molecule has 22 nitrogen and oxygen atoms in total. The Morgan fingerprint density at radius 2 is 1.08 bits per heavy atom. The third-order valence-corrected chi connectivity index (χ3v) is 23.4. The highest BCUT2D eigenvalue weighted by molar-refractivity contribution is 5.91. The third-order valence-electron chi connectivity index (χ3n) is 23.4. The Bertz CT molecular complexity index is 3600. The molecule has 6 saturated heterocycles. The van der Waals surface area contributed by atoms with Gasteiger partial charge in [-0.25, -0.2) is 14.4 Å². The predicted molar refractivity (Wildman–Crippen MR) is 353 cm³/mol. The van der Waals surface area contributed by atoms with Gasteiger partial charge in [0.15, 0.2) is 67.6 Å². The molecule has 6 aliphatic heterocycles. The molecule has 0 radical (unpaired) electrons. The van der Waals surface area contributed by atoms with E-state index in [4.69, 9.17) is 75.8 Å². The molecule has 4 aliphatic carbocycles. The van der Waals surface area contributed by atoms with E-state index in [9.17, 15) is 28.8 Å². The van der Waals surface area contributed by atoms with Crippen molar-refractivity contribution in [2.75, 3.05) is 19.8 Å². The molecule has 0 unspecified atom stereocenters. The van der Waals surface area contributed by atoms with Crippen molar-refractivity contribution in [3.05, 3.63) is 155 Å². The van der Waals surface area contributed by atoms with Gasteiger partial charge in [-0.1, -0.05) is 124 Å². The largest absolute Gasteiger partial charge is 0.456 e. The first-order valence-electron chi connectivity index (χ1n) is 35.7. The van der Waals surface area contributed by atoms with E-state index in [0.29, 0.717) is 53.9 Å². The Hall–Kier alpha value is -6.96. The molecule has 3 saturated carbocycles. The summed E-state index contributed by atoms with van der Waals surface area (Å²) in [6.45, 7) is 14.9. The second-order valence-corrected chi connectivity index (χ2v) is 29.6. The van der Waals surface area contributed by atoms with E-state index < -0.39 is 147 Å². The number of fused-ring (bicyclic) bond motifs is 8. The third kappa shape index (κ3) is 13.8. The number of hydrogen-bond acceptors (Lipinski definition) is 22. The zero-order chi connectivity index (χ0) is 69.8. The maximum atomic E-state index is 14.7. The Kier molecular flexibility index (Phi) is 20.4. The summed E-state index contributed by atoms with van der Waals surface area (Å²) in [6.07, 6.45) is -11.0. The van der Waals surface area contributed by atoms with Gasteiger partial charge < -0.3 is 75.8 Å². The minimum absolute atomic E-state index is 0.0785. The van der Waals surface area contributed by atoms with Crippen molar-refractivity contribution in [3.63, 3.8) is 0 Å². The lowest BCUT2D eigenvalue weighted by Gasteiger charge is -2.59. The number of benzene rings is 4. The Morgan fingerprint density at radius 1 is 0.500 bits per heavy atom.